The maximum Gasteiger partial charge on any atom is 0.320 e. The molecule has 0 spiro atoms. The minimum atomic E-state index is -0.887. The highest BCUT2D eigenvalue weighted by Gasteiger charge is 2.29. The Labute approximate surface area is 131 Å². The molecule has 0 aliphatic heterocycles. The quantitative estimate of drug-likeness (QED) is 0.775. The minimum Gasteiger partial charge on any atom is -0.480 e. The van der Waals surface area contributed by atoms with Crippen LogP contribution in [0.25, 0.3) is 0 Å². The van der Waals surface area contributed by atoms with Gasteiger partial charge in [-0.25, -0.2) is 0 Å². The van der Waals surface area contributed by atoms with E-state index in [0.29, 0.717) is 12.8 Å². The van der Waals surface area contributed by atoms with Crippen molar-refractivity contribution < 1.29 is 14.7 Å². The second-order valence-electron chi connectivity index (χ2n) is 6.19. The summed E-state index contributed by atoms with van der Waals surface area (Å²) in [4.78, 5) is 23.7. The molecule has 0 amide bonds. The molecule has 0 radical (unpaired) electrons. The third kappa shape index (κ3) is 4.67. The molecule has 0 heterocycles. The molecule has 4 heteroatoms. The van der Waals surface area contributed by atoms with Gasteiger partial charge in [-0.2, -0.15) is 0 Å². The molecule has 1 aliphatic carbocycles. The molecule has 0 bridgehead atoms. The molecule has 22 heavy (non-hydrogen) atoms. The molecule has 1 fully saturated rings. The third-order valence-corrected chi connectivity index (χ3v) is 4.50. The van der Waals surface area contributed by atoms with Crippen LogP contribution >= 0.6 is 0 Å². The summed E-state index contributed by atoms with van der Waals surface area (Å²) in [5.74, 6) is -0.600. The first kappa shape index (κ1) is 16.7. The second-order valence-corrected chi connectivity index (χ2v) is 6.19. The molecule has 4 nitrogen and oxygen atoms in total. The van der Waals surface area contributed by atoms with Crippen molar-refractivity contribution in [2.45, 2.75) is 57.5 Å². The van der Waals surface area contributed by atoms with Crippen LogP contribution in [0.3, 0.4) is 0 Å². The van der Waals surface area contributed by atoms with Crippen LogP contribution < -0.4 is 5.32 Å². The van der Waals surface area contributed by atoms with Gasteiger partial charge in [-0.3, -0.25) is 14.9 Å². The predicted octanol–water partition coefficient (Wildman–Crippen LogP) is 2.81. The normalized spacial score (nSPS) is 18.0. The van der Waals surface area contributed by atoms with Gasteiger partial charge in [-0.05, 0) is 38.2 Å². The molecule has 0 saturated heterocycles. The fourth-order valence-electron chi connectivity index (χ4n) is 3.18. The summed E-state index contributed by atoms with van der Waals surface area (Å²) in [6.07, 6.45) is 5.30. The minimum absolute atomic E-state index is 0.117. The summed E-state index contributed by atoms with van der Waals surface area (Å²) in [7, 11) is 0. The first-order valence-corrected chi connectivity index (χ1v) is 8.14. The average Bonchev–Trinajstić information content (AvgIpc) is 3.05. The van der Waals surface area contributed by atoms with Gasteiger partial charge >= 0.3 is 5.97 Å². The van der Waals surface area contributed by atoms with Gasteiger partial charge in [0.1, 0.15) is 6.04 Å². The Hall–Kier alpha value is -1.68. The molecule has 1 aliphatic rings. The van der Waals surface area contributed by atoms with E-state index in [1.165, 1.54) is 0 Å². The van der Waals surface area contributed by atoms with Gasteiger partial charge < -0.3 is 5.11 Å². The maximum absolute atomic E-state index is 12.3. The van der Waals surface area contributed by atoms with Crippen LogP contribution in [0.1, 0.15) is 44.6 Å². The number of hydrogen-bond acceptors (Lipinski definition) is 3. The van der Waals surface area contributed by atoms with Crippen molar-refractivity contribution in [2.24, 2.45) is 5.92 Å². The predicted molar refractivity (Wildman–Crippen MR) is 85.7 cm³/mol. The van der Waals surface area contributed by atoms with Crippen LogP contribution in [0.15, 0.2) is 30.3 Å². The second kappa shape index (κ2) is 8.08. The van der Waals surface area contributed by atoms with E-state index in [9.17, 15) is 14.7 Å². The van der Waals surface area contributed by atoms with E-state index in [0.717, 1.165) is 31.2 Å². The Bertz CT molecular complexity index is 494. The van der Waals surface area contributed by atoms with E-state index in [1.807, 2.05) is 30.3 Å². The SMILES string of the molecule is C[C@H](N[C@@H](CCc1ccccc1)C(=O)O)C(=O)C1CCCC1. The van der Waals surface area contributed by atoms with Gasteiger partial charge in [0.15, 0.2) is 5.78 Å². The van der Waals surface area contributed by atoms with Crippen molar-refractivity contribution in [3.63, 3.8) is 0 Å². The van der Waals surface area contributed by atoms with Crippen molar-refractivity contribution >= 4 is 11.8 Å². The Morgan fingerprint density at radius 2 is 1.86 bits per heavy atom. The number of carbonyl (C=O) groups is 2. The first-order chi connectivity index (χ1) is 10.6. The van der Waals surface area contributed by atoms with Crippen LogP contribution in [-0.4, -0.2) is 28.9 Å². The molecule has 1 aromatic carbocycles. The summed E-state index contributed by atoms with van der Waals surface area (Å²) < 4.78 is 0. The first-order valence-electron chi connectivity index (χ1n) is 8.14. The topological polar surface area (TPSA) is 66.4 Å². The van der Waals surface area contributed by atoms with Crippen LogP contribution in [0.4, 0.5) is 0 Å². The van der Waals surface area contributed by atoms with E-state index in [1.54, 1.807) is 6.92 Å². The van der Waals surface area contributed by atoms with Crippen molar-refractivity contribution in [1.82, 2.24) is 5.32 Å². The Balaban J connectivity index is 1.87. The van der Waals surface area contributed by atoms with Gasteiger partial charge in [0.25, 0.3) is 0 Å². The monoisotopic (exact) mass is 303 g/mol. The number of carboxylic acid groups (broad SMARTS) is 1. The zero-order chi connectivity index (χ0) is 15.9. The number of ketones is 1. The zero-order valence-corrected chi connectivity index (χ0v) is 13.1. The summed E-state index contributed by atoms with van der Waals surface area (Å²) >= 11 is 0. The Morgan fingerprint density at radius 1 is 1.23 bits per heavy atom. The smallest absolute Gasteiger partial charge is 0.320 e. The summed E-state index contributed by atoms with van der Waals surface area (Å²) in [5.41, 5.74) is 1.12. The molecule has 120 valence electrons. The fourth-order valence-corrected chi connectivity index (χ4v) is 3.18. The van der Waals surface area contributed by atoms with E-state index in [4.69, 9.17) is 0 Å². The molecule has 2 rings (SSSR count). The molecule has 1 aromatic rings. The lowest BCUT2D eigenvalue weighted by atomic mass is 9.96. The standard InChI is InChI=1S/C18H25NO3/c1-13(17(20)15-9-5-6-10-15)19-16(18(21)22)12-11-14-7-3-2-4-8-14/h2-4,7-8,13,15-16,19H,5-6,9-12H2,1H3,(H,21,22)/t13-,16-/m0/s1. The number of aryl methyl sites for hydroxylation is 1. The van der Waals surface area contributed by atoms with E-state index in [-0.39, 0.29) is 17.7 Å². The summed E-state index contributed by atoms with van der Waals surface area (Å²) in [6.45, 7) is 1.79. The van der Waals surface area contributed by atoms with Crippen LogP contribution in [0, 0.1) is 5.92 Å². The maximum atomic E-state index is 12.3. The lowest BCUT2D eigenvalue weighted by molar-refractivity contribution is -0.140. The molecule has 1 saturated carbocycles. The lowest BCUT2D eigenvalue weighted by Gasteiger charge is -2.21. The fraction of sp³-hybridized carbons (Fsp3) is 0.556. The summed E-state index contributed by atoms with van der Waals surface area (Å²) in [6, 6.07) is 8.76. The number of nitrogens with one attached hydrogen (secondary N) is 1. The molecule has 2 N–H and O–H groups in total. The van der Waals surface area contributed by atoms with E-state index < -0.39 is 12.0 Å². The average molecular weight is 303 g/mol. The number of aliphatic carboxylic acids is 1. The number of carbonyl (C=O) groups excluding carboxylic acids is 1. The van der Waals surface area contributed by atoms with Gasteiger partial charge in [0, 0.05) is 5.92 Å². The number of carboxylic acids is 1. The zero-order valence-electron chi connectivity index (χ0n) is 13.1. The van der Waals surface area contributed by atoms with Gasteiger partial charge in [-0.1, -0.05) is 43.2 Å². The van der Waals surface area contributed by atoms with E-state index in [2.05, 4.69) is 5.32 Å². The van der Waals surface area contributed by atoms with Crippen molar-refractivity contribution in [3.05, 3.63) is 35.9 Å². The Kier molecular flexibility index (Phi) is 6.13. The Morgan fingerprint density at radius 3 is 2.45 bits per heavy atom. The van der Waals surface area contributed by atoms with Gasteiger partial charge in [0.2, 0.25) is 0 Å². The molecule has 2 atom stereocenters. The molecular weight excluding hydrogens is 278 g/mol. The van der Waals surface area contributed by atoms with Crippen LogP contribution in [0.5, 0.6) is 0 Å². The van der Waals surface area contributed by atoms with Crippen molar-refractivity contribution in [2.75, 3.05) is 0 Å². The molecule has 0 aromatic heterocycles. The number of benzene rings is 1. The third-order valence-electron chi connectivity index (χ3n) is 4.50. The molecular formula is C18H25NO3. The van der Waals surface area contributed by atoms with Crippen molar-refractivity contribution in [3.8, 4) is 0 Å². The number of hydrogen-bond donors (Lipinski definition) is 2. The summed E-state index contributed by atoms with van der Waals surface area (Å²) in [5, 5.41) is 12.4. The highest BCUT2D eigenvalue weighted by atomic mass is 16.4. The van der Waals surface area contributed by atoms with Crippen molar-refractivity contribution in [1.29, 1.82) is 0 Å². The van der Waals surface area contributed by atoms with Crippen LogP contribution in [0.2, 0.25) is 0 Å². The lowest BCUT2D eigenvalue weighted by Crippen LogP contribution is -2.47. The number of rotatable bonds is 8. The highest BCUT2D eigenvalue weighted by molar-refractivity contribution is 5.87. The largest absolute Gasteiger partial charge is 0.480 e. The molecule has 0 unspecified atom stereocenters. The van der Waals surface area contributed by atoms with Gasteiger partial charge in [-0.15, -0.1) is 0 Å². The van der Waals surface area contributed by atoms with E-state index >= 15 is 0 Å². The highest BCUT2D eigenvalue weighted by Crippen LogP contribution is 2.26. The number of Topliss-reactive ketones (excluding diaryl/α,β-unsaturated/α-hetero) is 1. The van der Waals surface area contributed by atoms with Crippen LogP contribution in [-0.2, 0) is 16.0 Å². The van der Waals surface area contributed by atoms with Gasteiger partial charge in [0.05, 0.1) is 6.04 Å².